The maximum atomic E-state index is 13.1. The van der Waals surface area contributed by atoms with Crippen molar-refractivity contribution in [1.29, 1.82) is 0 Å². The molecule has 3 aromatic rings. The van der Waals surface area contributed by atoms with E-state index in [2.05, 4.69) is 39.9 Å². The van der Waals surface area contributed by atoms with Gasteiger partial charge < -0.3 is 15.4 Å². The summed E-state index contributed by atoms with van der Waals surface area (Å²) in [6.45, 7) is 4.09. The predicted molar refractivity (Wildman–Crippen MR) is 123 cm³/mol. The minimum Gasteiger partial charge on any atom is -0.463 e. The molecule has 0 radical (unpaired) electrons. The molecule has 0 aromatic heterocycles. The molecule has 1 atom stereocenters. The van der Waals surface area contributed by atoms with Gasteiger partial charge in [0.1, 0.15) is 11.5 Å². The van der Waals surface area contributed by atoms with Crippen LogP contribution in [0.3, 0.4) is 0 Å². The second kappa shape index (κ2) is 7.76. The molecule has 0 aliphatic carbocycles. The molecule has 0 saturated heterocycles. The van der Waals surface area contributed by atoms with E-state index in [1.165, 1.54) is 0 Å². The lowest BCUT2D eigenvalue weighted by molar-refractivity contribution is -0.345. The minimum absolute atomic E-state index is 0.282. The lowest BCUT2D eigenvalue weighted by atomic mass is 9.80. The zero-order chi connectivity index (χ0) is 21.4. The molecule has 3 N–H and O–H groups in total. The number of carbonyl (C=O) groups is 1. The lowest BCUT2D eigenvalue weighted by Crippen LogP contribution is -2.62. The van der Waals surface area contributed by atoms with E-state index in [9.17, 15) is 4.79 Å². The van der Waals surface area contributed by atoms with E-state index in [1.54, 1.807) is 0 Å². The van der Waals surface area contributed by atoms with Crippen molar-refractivity contribution in [2.75, 3.05) is 11.9 Å². The summed E-state index contributed by atoms with van der Waals surface area (Å²) >= 11 is 0. The van der Waals surface area contributed by atoms with Crippen LogP contribution in [0.2, 0.25) is 0 Å². The van der Waals surface area contributed by atoms with Gasteiger partial charge in [0.2, 0.25) is 5.69 Å². The van der Waals surface area contributed by atoms with Crippen LogP contribution < -0.4 is 15.6 Å². The predicted octanol–water partition coefficient (Wildman–Crippen LogP) is 3.48. The first kappa shape index (κ1) is 19.1. The van der Waals surface area contributed by atoms with Gasteiger partial charge >= 0.3 is 5.97 Å². The highest BCUT2D eigenvalue weighted by Gasteiger charge is 2.37. The molecule has 5 nitrogen and oxygen atoms in total. The number of rotatable bonds is 3. The standard InChI is InChI=1S/C26H23N3O2/c1-3-31-26(30)23-16(2)28-25-20(15-27-21-13-6-7-14-22(21)29-25)24(23)19-12-8-10-17-9-4-5-11-18(17)19/h4-15,24,28-29H,3H2,1-2H3/p+1/t24-/m0/s1. The number of dihydropyridines is 1. The van der Waals surface area contributed by atoms with Crippen molar-refractivity contribution in [3.05, 3.63) is 95.0 Å². The normalized spacial score (nSPS) is 17.4. The highest BCUT2D eigenvalue weighted by atomic mass is 16.5. The van der Waals surface area contributed by atoms with Gasteiger partial charge in [0.15, 0.2) is 6.21 Å². The van der Waals surface area contributed by atoms with E-state index < -0.39 is 0 Å². The Kier molecular flexibility index (Phi) is 4.79. The van der Waals surface area contributed by atoms with Crippen LogP contribution >= 0.6 is 0 Å². The molecule has 3 aromatic carbocycles. The van der Waals surface area contributed by atoms with Crippen molar-refractivity contribution < 1.29 is 14.5 Å². The number of allylic oxidation sites excluding steroid dienone is 2. The molecule has 5 rings (SSSR count). The Morgan fingerprint density at radius 3 is 2.65 bits per heavy atom. The van der Waals surface area contributed by atoms with Crippen LogP contribution in [-0.2, 0) is 9.53 Å². The topological polar surface area (TPSA) is 64.3 Å². The number of esters is 1. The van der Waals surface area contributed by atoms with Crippen molar-refractivity contribution >= 4 is 34.3 Å². The Morgan fingerprint density at radius 2 is 1.77 bits per heavy atom. The third kappa shape index (κ3) is 3.28. The molecule has 2 aliphatic rings. The molecule has 0 bridgehead atoms. The van der Waals surface area contributed by atoms with Crippen LogP contribution in [0, 0.1) is 0 Å². The number of ether oxygens (including phenoxy) is 1. The Bertz CT molecular complexity index is 1280. The number of hydrogen-bond donors (Lipinski definition) is 3. The summed E-state index contributed by atoms with van der Waals surface area (Å²) in [5.74, 6) is 0.281. The van der Waals surface area contributed by atoms with Crippen LogP contribution in [0.5, 0.6) is 0 Å². The quantitative estimate of drug-likeness (QED) is 0.579. The minimum atomic E-state index is -0.299. The fourth-order valence-corrected chi connectivity index (χ4v) is 4.42. The molecule has 0 saturated carbocycles. The van der Waals surface area contributed by atoms with Crippen LogP contribution in [0.1, 0.15) is 25.3 Å². The van der Waals surface area contributed by atoms with E-state index in [-0.39, 0.29) is 11.9 Å². The van der Waals surface area contributed by atoms with Gasteiger partial charge in [0.25, 0.3) is 0 Å². The highest BCUT2D eigenvalue weighted by Crippen LogP contribution is 2.41. The van der Waals surface area contributed by atoms with Crippen LogP contribution in [0.4, 0.5) is 11.4 Å². The van der Waals surface area contributed by atoms with E-state index in [0.29, 0.717) is 12.2 Å². The molecule has 31 heavy (non-hydrogen) atoms. The lowest BCUT2D eigenvalue weighted by Gasteiger charge is -2.30. The molecular formula is C26H24N3O2+. The number of benzene rings is 3. The fraction of sp³-hybridized carbons (Fsp3) is 0.154. The third-order valence-corrected chi connectivity index (χ3v) is 5.80. The Balaban J connectivity index is 1.74. The van der Waals surface area contributed by atoms with E-state index in [4.69, 9.17) is 4.74 Å². The molecule has 0 amide bonds. The first-order chi connectivity index (χ1) is 15.2. The van der Waals surface area contributed by atoms with E-state index >= 15 is 0 Å². The number of fused-ring (bicyclic) bond motifs is 2. The van der Waals surface area contributed by atoms with Gasteiger partial charge in [-0.3, -0.25) is 0 Å². The van der Waals surface area contributed by atoms with E-state index in [0.717, 1.165) is 44.8 Å². The van der Waals surface area contributed by atoms with Gasteiger partial charge in [0, 0.05) is 11.8 Å². The summed E-state index contributed by atoms with van der Waals surface area (Å²) in [6.07, 6.45) is 1.99. The van der Waals surface area contributed by atoms with Crippen molar-refractivity contribution in [1.82, 2.24) is 5.32 Å². The average Bonchev–Trinajstić information content (AvgIpc) is 2.97. The van der Waals surface area contributed by atoms with Gasteiger partial charge in [-0.05, 0) is 36.2 Å². The number of nitrogens with one attached hydrogen (secondary N) is 3. The Morgan fingerprint density at radius 1 is 1.00 bits per heavy atom. The maximum Gasteiger partial charge on any atom is 0.336 e. The Hall–Kier alpha value is -3.86. The number of carbonyl (C=O) groups excluding carboxylic acids is 1. The summed E-state index contributed by atoms with van der Waals surface area (Å²) in [6, 6.07) is 22.6. The molecule has 0 fully saturated rings. The van der Waals surface area contributed by atoms with Gasteiger partial charge in [-0.1, -0.05) is 54.6 Å². The first-order valence-corrected chi connectivity index (χ1v) is 10.5. The summed E-state index contributed by atoms with van der Waals surface area (Å²) < 4.78 is 5.47. The summed E-state index contributed by atoms with van der Waals surface area (Å²) in [5.41, 5.74) is 5.39. The van der Waals surface area contributed by atoms with Crippen molar-refractivity contribution in [3.63, 3.8) is 0 Å². The van der Waals surface area contributed by atoms with Gasteiger partial charge in [-0.15, -0.1) is 0 Å². The Labute approximate surface area is 181 Å². The summed E-state index contributed by atoms with van der Waals surface area (Å²) in [4.78, 5) is 16.5. The van der Waals surface area contributed by atoms with Crippen LogP contribution in [0.15, 0.2) is 89.4 Å². The second-order valence-electron chi connectivity index (χ2n) is 7.68. The zero-order valence-corrected chi connectivity index (χ0v) is 17.5. The molecule has 154 valence electrons. The van der Waals surface area contributed by atoms with Crippen molar-refractivity contribution in [2.45, 2.75) is 19.8 Å². The van der Waals surface area contributed by atoms with Crippen molar-refractivity contribution in [3.8, 4) is 0 Å². The summed E-state index contributed by atoms with van der Waals surface area (Å²) in [5, 5.41) is 9.19. The van der Waals surface area contributed by atoms with E-state index in [1.807, 2.05) is 62.5 Å². The molecule has 0 spiro atoms. The SMILES string of the molecule is CCOC(=O)C1=C(C)NC2=C(C=[NH+]c3ccccc3N2)[C@@H]1c1cccc2ccccc12. The van der Waals surface area contributed by atoms with Gasteiger partial charge in [-0.2, -0.15) is 0 Å². The zero-order valence-electron chi connectivity index (χ0n) is 17.5. The number of hydrogen-bond acceptors (Lipinski definition) is 4. The van der Waals surface area contributed by atoms with Crippen LogP contribution in [-0.4, -0.2) is 18.8 Å². The van der Waals surface area contributed by atoms with Gasteiger partial charge in [-0.25, -0.2) is 9.79 Å². The molecule has 5 heteroatoms. The van der Waals surface area contributed by atoms with Gasteiger partial charge in [0.05, 0.1) is 23.7 Å². The first-order valence-electron chi connectivity index (χ1n) is 10.5. The second-order valence-corrected chi connectivity index (χ2v) is 7.68. The fourth-order valence-electron chi connectivity index (χ4n) is 4.42. The van der Waals surface area contributed by atoms with Crippen LogP contribution in [0.25, 0.3) is 10.8 Å². The largest absolute Gasteiger partial charge is 0.463 e. The average molecular weight is 410 g/mol. The number of para-hydroxylation sites is 2. The molecule has 2 aliphatic heterocycles. The summed E-state index contributed by atoms with van der Waals surface area (Å²) in [7, 11) is 0. The maximum absolute atomic E-state index is 13.1. The smallest absolute Gasteiger partial charge is 0.336 e. The molecular weight excluding hydrogens is 386 g/mol. The van der Waals surface area contributed by atoms with Crippen molar-refractivity contribution in [2.24, 2.45) is 0 Å². The molecule has 0 unspecified atom stereocenters. The third-order valence-electron chi connectivity index (χ3n) is 5.80. The number of anilines is 1. The molecule has 2 heterocycles. The highest BCUT2D eigenvalue weighted by molar-refractivity contribution is 5.99. The monoisotopic (exact) mass is 410 g/mol.